The third kappa shape index (κ3) is 8.44. The second-order valence-electron chi connectivity index (χ2n) is 20.6. The average Bonchev–Trinajstić information content (AvgIpc) is 3.13. The molecule has 0 spiro atoms. The van der Waals surface area contributed by atoms with E-state index in [-0.39, 0.29) is 123 Å². The molecule has 4 saturated carbocycles. The fraction of sp³-hybridized carbons (Fsp3) is 0.857. The van der Waals surface area contributed by atoms with Gasteiger partial charge in [0.25, 0.3) is 0 Å². The maximum Gasteiger partial charge on any atom is 1.00 e. The SMILES string of the molecule is CC1(C(=O)[O-])CCC2(C)CCC3(C)C(=CC(=O)C4C5(C)CCC(OC6OC(C(=O)[O-])C(O)C(O)C6OC6OC(C(=O)[O-])C(O)C(O)C6O)C(C)(C)C5CCC43C)C2C1.[Na+].[Na+].[Na+]. The Balaban J connectivity index is 0.00000273. The molecular formula is C42H59Na3O16. The number of ether oxygens (including phenoxy) is 4. The van der Waals surface area contributed by atoms with Crippen molar-refractivity contribution in [2.24, 2.45) is 50.2 Å². The van der Waals surface area contributed by atoms with E-state index in [0.717, 1.165) is 24.8 Å². The monoisotopic (exact) mass is 888 g/mol. The fourth-order valence-corrected chi connectivity index (χ4v) is 13.3. The van der Waals surface area contributed by atoms with E-state index in [1.165, 1.54) is 0 Å². The van der Waals surface area contributed by atoms with Gasteiger partial charge in [0, 0.05) is 17.3 Å². The van der Waals surface area contributed by atoms with Crippen molar-refractivity contribution in [2.45, 2.75) is 174 Å². The summed E-state index contributed by atoms with van der Waals surface area (Å²) in [4.78, 5) is 50.9. The van der Waals surface area contributed by atoms with E-state index >= 15 is 0 Å². The third-order valence-electron chi connectivity index (χ3n) is 17.2. The summed E-state index contributed by atoms with van der Waals surface area (Å²) in [7, 11) is 0. The fourth-order valence-electron chi connectivity index (χ4n) is 13.3. The van der Waals surface area contributed by atoms with Crippen molar-refractivity contribution in [3.05, 3.63) is 11.6 Å². The maximum absolute atomic E-state index is 14.8. The maximum atomic E-state index is 14.8. The number of carboxylic acid groups (broad SMARTS) is 3. The van der Waals surface area contributed by atoms with E-state index in [4.69, 9.17) is 18.9 Å². The first-order valence-corrected chi connectivity index (χ1v) is 20.7. The normalized spacial score (nSPS) is 50.0. The summed E-state index contributed by atoms with van der Waals surface area (Å²) >= 11 is 0. The topological polar surface area (TPSA) is 276 Å². The Hall–Kier alpha value is 0.460. The molecule has 7 aliphatic rings. The minimum Gasteiger partial charge on any atom is -0.550 e. The van der Waals surface area contributed by atoms with Crippen LogP contribution >= 0.6 is 0 Å². The van der Waals surface area contributed by atoms with E-state index in [1.54, 1.807) is 6.92 Å². The van der Waals surface area contributed by atoms with Crippen molar-refractivity contribution in [3.8, 4) is 0 Å². The number of aliphatic hydroxyl groups excluding tert-OH is 5. The van der Waals surface area contributed by atoms with E-state index in [0.29, 0.717) is 38.5 Å². The summed E-state index contributed by atoms with van der Waals surface area (Å²) < 4.78 is 23.1. The number of allylic oxidation sites excluding steroid dienone is 2. The van der Waals surface area contributed by atoms with Crippen molar-refractivity contribution in [1.82, 2.24) is 0 Å². The molecule has 0 radical (unpaired) electrons. The van der Waals surface area contributed by atoms with Gasteiger partial charge in [0.05, 0.1) is 18.0 Å². The van der Waals surface area contributed by atoms with Gasteiger partial charge in [0.15, 0.2) is 18.4 Å². The smallest absolute Gasteiger partial charge is 0.550 e. The second kappa shape index (κ2) is 18.5. The van der Waals surface area contributed by atoms with Crippen LogP contribution in [-0.2, 0) is 38.1 Å². The molecular weight excluding hydrogens is 829 g/mol. The van der Waals surface area contributed by atoms with Crippen LogP contribution in [0.3, 0.4) is 0 Å². The van der Waals surface area contributed by atoms with Crippen molar-refractivity contribution < 1.29 is 168 Å². The predicted octanol–water partition coefficient (Wildman–Crippen LogP) is -10.7. The molecule has 16 nitrogen and oxygen atoms in total. The van der Waals surface area contributed by atoms with Gasteiger partial charge in [-0.1, -0.05) is 54.0 Å². The number of fused-ring (bicyclic) bond motifs is 7. The second-order valence-corrected chi connectivity index (χ2v) is 20.6. The van der Waals surface area contributed by atoms with Crippen LogP contribution < -0.4 is 104 Å². The molecule has 19 unspecified atom stereocenters. The summed E-state index contributed by atoms with van der Waals surface area (Å²) in [6, 6.07) is 0. The Morgan fingerprint density at radius 2 is 1.25 bits per heavy atom. The Kier molecular flexibility index (Phi) is 16.4. The zero-order valence-electron chi connectivity index (χ0n) is 37.3. The molecule has 5 N–H and O–H groups in total. The molecule has 7 rings (SSSR count). The number of aliphatic carboxylic acids is 3. The number of aliphatic hydroxyl groups is 5. The molecule has 2 saturated heterocycles. The van der Waals surface area contributed by atoms with E-state index < -0.39 is 107 Å². The van der Waals surface area contributed by atoms with Gasteiger partial charge >= 0.3 is 88.7 Å². The summed E-state index contributed by atoms with van der Waals surface area (Å²) in [5, 5.41) is 89.2. The Labute approximate surface area is 423 Å². The van der Waals surface area contributed by atoms with Crippen LogP contribution in [0.2, 0.25) is 0 Å². The van der Waals surface area contributed by atoms with Gasteiger partial charge in [-0.15, -0.1) is 0 Å². The first-order valence-electron chi connectivity index (χ1n) is 20.7. The molecule has 0 aromatic heterocycles. The Bertz CT molecular complexity index is 1750. The first kappa shape index (κ1) is 54.1. The molecule has 0 amide bonds. The van der Waals surface area contributed by atoms with Crippen LogP contribution in [-0.4, -0.2) is 117 Å². The van der Waals surface area contributed by atoms with Gasteiger partial charge in [-0.2, -0.15) is 0 Å². The van der Waals surface area contributed by atoms with Gasteiger partial charge in [0.1, 0.15) is 48.8 Å². The minimum atomic E-state index is -2.16. The largest absolute Gasteiger partial charge is 1.00 e. The predicted molar refractivity (Wildman–Crippen MR) is 192 cm³/mol. The molecule has 5 aliphatic carbocycles. The van der Waals surface area contributed by atoms with Gasteiger partial charge < -0.3 is 74.2 Å². The standard InChI is InChI=1S/C42H62O16.3Na/c1-37(2)21-8-11-42(7)31(20(43)16-18-19-17-39(4,36(53)54)13-12-38(19,3)14-15-41(18,42)6)40(21,5)10-9-22(37)55-35-30(26(47)25(46)29(57-35)33(51)52)58-34-27(48)23(44)24(45)28(56-34)32(49)50;;;/h16,19,21-31,34-35,44-48H,8-15,17H2,1-7H3,(H,49,50)(H,51,52)(H,53,54);;;/q;3*+1/p-3. The molecule has 61 heavy (non-hydrogen) atoms. The van der Waals surface area contributed by atoms with Gasteiger partial charge in [-0.05, 0) is 103 Å². The number of carboxylic acids is 3. The molecule has 19 heteroatoms. The molecule has 0 aromatic rings. The molecule has 6 fully saturated rings. The van der Waals surface area contributed by atoms with Crippen molar-refractivity contribution >= 4 is 23.7 Å². The Morgan fingerprint density at radius 1 is 0.689 bits per heavy atom. The molecule has 326 valence electrons. The molecule has 0 aromatic carbocycles. The van der Waals surface area contributed by atoms with Crippen LogP contribution in [0.4, 0.5) is 0 Å². The summed E-state index contributed by atoms with van der Waals surface area (Å²) in [5.41, 5.74) is -2.11. The summed E-state index contributed by atoms with van der Waals surface area (Å²) in [5.74, 6) is -5.37. The van der Waals surface area contributed by atoms with Crippen LogP contribution in [0.25, 0.3) is 0 Å². The van der Waals surface area contributed by atoms with Crippen molar-refractivity contribution in [3.63, 3.8) is 0 Å². The zero-order chi connectivity index (χ0) is 42.9. The molecule has 2 aliphatic heterocycles. The van der Waals surface area contributed by atoms with Crippen molar-refractivity contribution in [1.29, 1.82) is 0 Å². The van der Waals surface area contributed by atoms with Crippen LogP contribution in [0, 0.1) is 50.2 Å². The molecule has 2 heterocycles. The van der Waals surface area contributed by atoms with Crippen LogP contribution in [0.5, 0.6) is 0 Å². The average molecular weight is 889 g/mol. The molecule has 19 atom stereocenters. The quantitative estimate of drug-likeness (QED) is 0.117. The number of carbonyl (C=O) groups is 4. The van der Waals surface area contributed by atoms with Gasteiger partial charge in [-0.3, -0.25) is 4.79 Å². The van der Waals surface area contributed by atoms with E-state index in [9.17, 15) is 60.0 Å². The number of hydrogen-bond acceptors (Lipinski definition) is 16. The minimum absolute atomic E-state index is 0. The molecule has 0 bridgehead atoms. The van der Waals surface area contributed by atoms with Crippen LogP contribution in [0.15, 0.2) is 11.6 Å². The van der Waals surface area contributed by atoms with E-state index in [2.05, 4.69) is 27.7 Å². The number of ketones is 1. The zero-order valence-corrected chi connectivity index (χ0v) is 43.3. The first-order chi connectivity index (χ1) is 26.8. The van der Waals surface area contributed by atoms with Gasteiger partial charge in [-0.25, -0.2) is 0 Å². The Morgan fingerprint density at radius 3 is 1.82 bits per heavy atom. The van der Waals surface area contributed by atoms with Crippen molar-refractivity contribution in [2.75, 3.05) is 0 Å². The van der Waals surface area contributed by atoms with Gasteiger partial charge in [0.2, 0.25) is 0 Å². The third-order valence-corrected chi connectivity index (χ3v) is 17.2. The number of carbonyl (C=O) groups excluding carboxylic acids is 4. The number of rotatable bonds is 7. The summed E-state index contributed by atoms with van der Waals surface area (Å²) in [6.07, 6.45) is -13.4. The van der Waals surface area contributed by atoms with Crippen LogP contribution in [0.1, 0.15) is 106 Å². The summed E-state index contributed by atoms with van der Waals surface area (Å²) in [6.45, 7) is 14.6. The number of hydrogen-bond donors (Lipinski definition) is 5. The van der Waals surface area contributed by atoms with E-state index in [1.807, 2.05) is 19.9 Å².